The molecule has 0 radical (unpaired) electrons. The van der Waals surface area contributed by atoms with Crippen LogP contribution in [0.25, 0.3) is 11.0 Å². The zero-order valence-corrected chi connectivity index (χ0v) is 28.0. The number of likely N-dealkylation sites (tertiary alicyclic amines) is 2. The molecule has 5 rings (SSSR count). The van der Waals surface area contributed by atoms with Gasteiger partial charge in [0, 0.05) is 29.6 Å². The predicted molar refractivity (Wildman–Crippen MR) is 175 cm³/mol. The van der Waals surface area contributed by atoms with Crippen LogP contribution >= 0.6 is 0 Å². The van der Waals surface area contributed by atoms with Crippen LogP contribution in [0, 0.1) is 11.8 Å². The summed E-state index contributed by atoms with van der Waals surface area (Å²) in [6, 6.07) is 5.37. The van der Waals surface area contributed by atoms with Gasteiger partial charge in [-0.25, -0.2) is 14.0 Å². The molecule has 0 unspecified atom stereocenters. The smallest absolute Gasteiger partial charge is 0.407 e. The largest absolute Gasteiger partial charge is 0.460 e. The fourth-order valence-corrected chi connectivity index (χ4v) is 7.36. The van der Waals surface area contributed by atoms with Gasteiger partial charge in [-0.1, -0.05) is 6.42 Å². The number of furan rings is 1. The molecule has 3 aliphatic rings. The Labute approximate surface area is 275 Å². The summed E-state index contributed by atoms with van der Waals surface area (Å²) in [5, 5.41) is 6.39. The van der Waals surface area contributed by atoms with Gasteiger partial charge >= 0.3 is 12.1 Å². The lowest BCUT2D eigenvalue weighted by atomic mass is 9.78. The van der Waals surface area contributed by atoms with Crippen molar-refractivity contribution in [1.82, 2.24) is 15.1 Å². The van der Waals surface area contributed by atoms with Gasteiger partial charge in [0.2, 0.25) is 17.6 Å². The topological polar surface area (TPSA) is 130 Å². The van der Waals surface area contributed by atoms with Crippen LogP contribution in [0.5, 0.6) is 0 Å². The van der Waals surface area contributed by atoms with E-state index in [1.165, 1.54) is 0 Å². The van der Waals surface area contributed by atoms with Gasteiger partial charge in [0.15, 0.2) is 0 Å². The van der Waals surface area contributed by atoms with E-state index in [0.29, 0.717) is 55.3 Å². The number of rotatable bonds is 9. The van der Waals surface area contributed by atoms with Crippen molar-refractivity contribution in [2.45, 2.75) is 103 Å². The van der Waals surface area contributed by atoms with E-state index >= 15 is 0 Å². The molecule has 12 heteroatoms. The third-order valence-corrected chi connectivity index (χ3v) is 9.60. The van der Waals surface area contributed by atoms with Crippen molar-refractivity contribution in [3.05, 3.63) is 30.0 Å². The second-order valence-corrected chi connectivity index (χ2v) is 14.0. The molecule has 258 valence electrons. The number of hydrogen-bond donors (Lipinski definition) is 2. The number of fused-ring (bicyclic) bond motifs is 1. The van der Waals surface area contributed by atoms with E-state index in [-0.39, 0.29) is 42.1 Å². The summed E-state index contributed by atoms with van der Waals surface area (Å²) in [6.45, 7) is 8.82. The number of halogens is 1. The zero-order valence-electron chi connectivity index (χ0n) is 28.0. The molecule has 1 aromatic heterocycles. The van der Waals surface area contributed by atoms with E-state index in [2.05, 4.69) is 15.5 Å². The first-order chi connectivity index (χ1) is 22.5. The molecule has 1 saturated carbocycles. The highest BCUT2D eigenvalue weighted by atomic mass is 19.1. The maximum atomic E-state index is 14.1. The van der Waals surface area contributed by atoms with E-state index in [1.807, 2.05) is 0 Å². The molecule has 1 aliphatic carbocycles. The average molecular weight is 657 g/mol. The fraction of sp³-hybridized carbons (Fsp3) is 0.657. The number of ether oxygens (including phenoxy) is 2. The molecular formula is C35H49FN4O7. The molecule has 3 fully saturated rings. The predicted octanol–water partition coefficient (Wildman–Crippen LogP) is 5.67. The first kappa shape index (κ1) is 34.7. The summed E-state index contributed by atoms with van der Waals surface area (Å²) in [5.74, 6) is -1.11. The van der Waals surface area contributed by atoms with Crippen molar-refractivity contribution in [3.63, 3.8) is 0 Å². The van der Waals surface area contributed by atoms with Gasteiger partial charge in [0.05, 0.1) is 12.6 Å². The van der Waals surface area contributed by atoms with Crippen molar-refractivity contribution in [2.75, 3.05) is 38.2 Å². The molecule has 3 amide bonds. The lowest BCUT2D eigenvalue weighted by molar-refractivity contribution is -0.142. The second kappa shape index (κ2) is 15.0. The molecule has 11 nitrogen and oxygen atoms in total. The molecule has 2 saturated heterocycles. The average Bonchev–Trinajstić information content (AvgIpc) is 3.68. The van der Waals surface area contributed by atoms with Crippen molar-refractivity contribution in [1.29, 1.82) is 0 Å². The lowest BCUT2D eigenvalue weighted by Gasteiger charge is -2.38. The number of alkyl halides is 1. The highest BCUT2D eigenvalue weighted by Gasteiger charge is 2.46. The van der Waals surface area contributed by atoms with E-state index < -0.39 is 36.4 Å². The monoisotopic (exact) mass is 656 g/mol. The minimum absolute atomic E-state index is 0.0376. The van der Waals surface area contributed by atoms with Gasteiger partial charge < -0.3 is 29.4 Å². The number of piperidine rings is 1. The maximum Gasteiger partial charge on any atom is 0.407 e. The van der Waals surface area contributed by atoms with Crippen LogP contribution in [-0.4, -0.2) is 90.3 Å². The first-order valence-electron chi connectivity index (χ1n) is 17.1. The van der Waals surface area contributed by atoms with Crippen LogP contribution in [0.1, 0.15) is 89.6 Å². The molecule has 1 aromatic carbocycles. The summed E-state index contributed by atoms with van der Waals surface area (Å²) in [6.07, 6.45) is 5.69. The van der Waals surface area contributed by atoms with Crippen LogP contribution in [0.2, 0.25) is 0 Å². The summed E-state index contributed by atoms with van der Waals surface area (Å²) in [5.41, 5.74) is 0.367. The number of carbonyl (C=O) groups is 4. The number of benzene rings is 1. The molecule has 3 atom stereocenters. The molecule has 47 heavy (non-hydrogen) atoms. The van der Waals surface area contributed by atoms with E-state index in [1.54, 1.807) is 56.9 Å². The standard InChI is InChI=1S/C35H49FN4O7/c1-5-45-33(43)29-20-24-19-25(13-14-28(24)46-29)37-31(41)30-27(39-16-7-6-8-17-39)15-18-40(30)32(42)23-11-9-22(10-12-23)26(21-36)38-34(44)47-35(2,3)4/h13-14,19-20,22-23,26-27,30H,5-12,15-18,21H2,1-4H3,(H,37,41)(H,38,44)/t22?,23?,26-,27+,30-/m1/s1. The number of carbonyl (C=O) groups excluding carboxylic acids is 4. The summed E-state index contributed by atoms with van der Waals surface area (Å²) >= 11 is 0. The van der Waals surface area contributed by atoms with Crippen LogP contribution in [0.4, 0.5) is 14.9 Å². The molecular weight excluding hydrogens is 607 g/mol. The van der Waals surface area contributed by atoms with Crippen LogP contribution in [-0.2, 0) is 19.1 Å². The highest BCUT2D eigenvalue weighted by Crippen LogP contribution is 2.36. The number of anilines is 1. The number of nitrogens with one attached hydrogen (secondary N) is 2. The highest BCUT2D eigenvalue weighted by molar-refractivity contribution is 6.00. The Morgan fingerprint density at radius 3 is 2.38 bits per heavy atom. The minimum atomic E-state index is -0.705. The minimum Gasteiger partial charge on any atom is -0.460 e. The van der Waals surface area contributed by atoms with Crippen LogP contribution in [0.3, 0.4) is 0 Å². The molecule has 0 spiro atoms. The van der Waals surface area contributed by atoms with Gasteiger partial charge in [-0.15, -0.1) is 0 Å². The van der Waals surface area contributed by atoms with Crippen molar-refractivity contribution in [2.24, 2.45) is 11.8 Å². The Balaban J connectivity index is 1.27. The van der Waals surface area contributed by atoms with Gasteiger partial charge in [0.25, 0.3) is 0 Å². The zero-order chi connectivity index (χ0) is 33.7. The normalized spacial score (nSPS) is 24.5. The Morgan fingerprint density at radius 2 is 1.72 bits per heavy atom. The SMILES string of the molecule is CCOC(=O)c1cc2cc(NC(=O)[C@H]3[C@@H](N4CCCCC4)CCN3C(=O)C3CCC([C@@H](CF)NC(=O)OC(C)(C)C)CC3)ccc2o1. The number of amides is 3. The van der Waals surface area contributed by atoms with Gasteiger partial charge in [-0.05, 0) is 116 Å². The molecule has 0 bridgehead atoms. The van der Waals surface area contributed by atoms with Crippen LogP contribution < -0.4 is 10.6 Å². The van der Waals surface area contributed by atoms with Crippen LogP contribution in [0.15, 0.2) is 28.7 Å². The summed E-state index contributed by atoms with van der Waals surface area (Å²) < 4.78 is 30.0. The Bertz CT molecular complexity index is 1420. The second-order valence-electron chi connectivity index (χ2n) is 14.0. The number of esters is 1. The number of nitrogens with zero attached hydrogens (tertiary/aromatic N) is 2. The molecule has 2 aliphatic heterocycles. The van der Waals surface area contributed by atoms with Gasteiger partial charge in [0.1, 0.15) is 23.9 Å². The van der Waals surface area contributed by atoms with Crippen molar-refractivity contribution >= 4 is 40.5 Å². The lowest BCUT2D eigenvalue weighted by Crippen LogP contribution is -2.55. The first-order valence-corrected chi connectivity index (χ1v) is 17.1. The summed E-state index contributed by atoms with van der Waals surface area (Å²) in [7, 11) is 0. The number of hydrogen-bond acceptors (Lipinski definition) is 8. The van der Waals surface area contributed by atoms with Gasteiger partial charge in [-0.2, -0.15) is 0 Å². The molecule has 3 heterocycles. The van der Waals surface area contributed by atoms with E-state index in [0.717, 1.165) is 32.4 Å². The van der Waals surface area contributed by atoms with E-state index in [9.17, 15) is 23.6 Å². The van der Waals surface area contributed by atoms with E-state index in [4.69, 9.17) is 13.9 Å². The third kappa shape index (κ3) is 8.44. The summed E-state index contributed by atoms with van der Waals surface area (Å²) in [4.78, 5) is 56.7. The van der Waals surface area contributed by atoms with Crippen molar-refractivity contribution < 1.29 is 37.5 Å². The number of alkyl carbamates (subject to hydrolysis) is 1. The quantitative estimate of drug-likeness (QED) is 0.330. The Morgan fingerprint density at radius 1 is 1.00 bits per heavy atom. The van der Waals surface area contributed by atoms with Gasteiger partial charge in [-0.3, -0.25) is 14.5 Å². The Kier molecular flexibility index (Phi) is 11.1. The molecule has 2 aromatic rings. The third-order valence-electron chi connectivity index (χ3n) is 9.60. The van der Waals surface area contributed by atoms with Crippen molar-refractivity contribution in [3.8, 4) is 0 Å². The molecule has 2 N–H and O–H groups in total. The Hall–Kier alpha value is -3.67. The fourth-order valence-electron chi connectivity index (χ4n) is 7.36. The maximum absolute atomic E-state index is 14.1.